The Morgan fingerprint density at radius 3 is 2.94 bits per heavy atom. The van der Waals surface area contributed by atoms with Crippen LogP contribution in [0.4, 0.5) is 0 Å². The summed E-state index contributed by atoms with van der Waals surface area (Å²) in [6.07, 6.45) is 5.40. The van der Waals surface area contributed by atoms with Gasteiger partial charge < -0.3 is 15.1 Å². The van der Waals surface area contributed by atoms with Crippen molar-refractivity contribution >= 4 is 0 Å². The van der Waals surface area contributed by atoms with Crippen molar-refractivity contribution in [2.75, 3.05) is 26.2 Å². The van der Waals surface area contributed by atoms with Crippen LogP contribution in [0.3, 0.4) is 0 Å². The first-order valence-corrected chi connectivity index (χ1v) is 6.16. The van der Waals surface area contributed by atoms with E-state index in [2.05, 4.69) is 16.8 Å². The van der Waals surface area contributed by atoms with Gasteiger partial charge in [0, 0.05) is 25.4 Å². The van der Waals surface area contributed by atoms with E-state index in [4.69, 9.17) is 10.2 Å². The molecule has 2 heterocycles. The summed E-state index contributed by atoms with van der Waals surface area (Å²) in [6.45, 7) is 6.20. The average Bonchev–Trinajstić information content (AvgIpc) is 2.96. The summed E-state index contributed by atoms with van der Waals surface area (Å²) in [4.78, 5) is 6.77. The Kier molecular flexibility index (Phi) is 3.96. The molecule has 1 aliphatic rings. The Morgan fingerprint density at radius 2 is 2.25 bits per heavy atom. The van der Waals surface area contributed by atoms with Gasteiger partial charge in [0.25, 0.3) is 0 Å². The van der Waals surface area contributed by atoms with Crippen LogP contribution in [0.25, 0.3) is 0 Å². The largest absolute Gasteiger partial charge is 0.445 e. The molecule has 0 radical (unpaired) electrons. The van der Waals surface area contributed by atoms with Gasteiger partial charge in [0.05, 0.1) is 6.20 Å². The highest BCUT2D eigenvalue weighted by atomic mass is 16.4. The van der Waals surface area contributed by atoms with Crippen LogP contribution < -0.4 is 5.73 Å². The first-order chi connectivity index (χ1) is 7.79. The zero-order valence-corrected chi connectivity index (χ0v) is 9.98. The fourth-order valence-electron chi connectivity index (χ4n) is 2.04. The van der Waals surface area contributed by atoms with Gasteiger partial charge in [-0.25, -0.2) is 4.98 Å². The first-order valence-electron chi connectivity index (χ1n) is 6.16. The van der Waals surface area contributed by atoms with E-state index in [0.29, 0.717) is 6.54 Å². The monoisotopic (exact) mass is 223 g/mol. The topological polar surface area (TPSA) is 55.3 Å². The lowest BCUT2D eigenvalue weighted by atomic mass is 10.1. The van der Waals surface area contributed by atoms with Crippen molar-refractivity contribution in [3.63, 3.8) is 0 Å². The van der Waals surface area contributed by atoms with Crippen LogP contribution in [0.1, 0.15) is 37.3 Å². The summed E-state index contributed by atoms with van der Waals surface area (Å²) in [5.74, 6) is 2.04. The molecule has 1 fully saturated rings. The van der Waals surface area contributed by atoms with Crippen LogP contribution >= 0.6 is 0 Å². The molecule has 2 N–H and O–H groups in total. The van der Waals surface area contributed by atoms with E-state index in [9.17, 15) is 0 Å². The predicted molar refractivity (Wildman–Crippen MR) is 63.4 cm³/mol. The predicted octanol–water partition coefficient (Wildman–Crippen LogP) is 1.38. The van der Waals surface area contributed by atoms with Gasteiger partial charge in [0.2, 0.25) is 0 Å². The number of aromatic nitrogens is 1. The number of hydrogen-bond donors (Lipinski definition) is 1. The van der Waals surface area contributed by atoms with Crippen molar-refractivity contribution in [2.45, 2.75) is 32.1 Å². The second-order valence-corrected chi connectivity index (χ2v) is 4.59. The van der Waals surface area contributed by atoms with Crippen LogP contribution in [0.15, 0.2) is 10.6 Å². The summed E-state index contributed by atoms with van der Waals surface area (Å²) in [5, 5.41) is 0. The highest BCUT2D eigenvalue weighted by Gasteiger charge is 2.14. The summed E-state index contributed by atoms with van der Waals surface area (Å²) < 4.78 is 5.68. The summed E-state index contributed by atoms with van der Waals surface area (Å²) in [5.41, 5.74) is 5.59. The zero-order valence-electron chi connectivity index (χ0n) is 9.98. The summed E-state index contributed by atoms with van der Waals surface area (Å²) >= 11 is 0. The molecule has 0 spiro atoms. The number of nitrogens with two attached hydrogens (primary N) is 1. The molecule has 1 aromatic rings. The maximum absolute atomic E-state index is 5.68. The fraction of sp³-hybridized carbons (Fsp3) is 0.750. The van der Waals surface area contributed by atoms with Crippen molar-refractivity contribution in [1.29, 1.82) is 0 Å². The van der Waals surface area contributed by atoms with Crippen molar-refractivity contribution in [1.82, 2.24) is 9.88 Å². The summed E-state index contributed by atoms with van der Waals surface area (Å²) in [7, 11) is 0. The number of hydrogen-bond acceptors (Lipinski definition) is 4. The highest BCUT2D eigenvalue weighted by Crippen LogP contribution is 2.16. The minimum absolute atomic E-state index is 0.271. The number of oxazole rings is 1. The molecule has 1 aliphatic heterocycles. The second-order valence-electron chi connectivity index (χ2n) is 4.59. The maximum Gasteiger partial charge on any atom is 0.195 e. The molecule has 1 saturated heterocycles. The van der Waals surface area contributed by atoms with Crippen molar-refractivity contribution in [3.05, 3.63) is 17.8 Å². The molecular formula is C12H21N3O. The lowest BCUT2D eigenvalue weighted by molar-refractivity contribution is 0.323. The Bertz CT molecular complexity index is 318. The molecule has 1 atom stereocenters. The first kappa shape index (κ1) is 11.6. The Labute approximate surface area is 96.8 Å². The van der Waals surface area contributed by atoms with Crippen molar-refractivity contribution in [2.24, 2.45) is 5.73 Å². The Hall–Kier alpha value is -0.870. The molecule has 90 valence electrons. The normalized spacial score (nSPS) is 19.1. The Morgan fingerprint density at radius 1 is 1.50 bits per heavy atom. The van der Waals surface area contributed by atoms with Gasteiger partial charge in [-0.15, -0.1) is 0 Å². The third-order valence-corrected chi connectivity index (χ3v) is 3.25. The second kappa shape index (κ2) is 5.46. The average molecular weight is 223 g/mol. The SMILES string of the molecule is CC(CN)c1cnc(CCN2CCCC2)o1. The third kappa shape index (κ3) is 2.83. The van der Waals surface area contributed by atoms with E-state index in [1.807, 2.05) is 6.20 Å². The van der Waals surface area contributed by atoms with Gasteiger partial charge in [-0.3, -0.25) is 0 Å². The van der Waals surface area contributed by atoms with Gasteiger partial charge in [-0.2, -0.15) is 0 Å². The maximum atomic E-state index is 5.68. The van der Waals surface area contributed by atoms with E-state index in [1.165, 1.54) is 25.9 Å². The molecule has 4 heteroatoms. The summed E-state index contributed by atoms with van der Waals surface area (Å²) in [6, 6.07) is 0. The van der Waals surface area contributed by atoms with E-state index in [1.54, 1.807) is 0 Å². The molecule has 0 saturated carbocycles. The van der Waals surface area contributed by atoms with E-state index >= 15 is 0 Å². The molecule has 1 aromatic heterocycles. The minimum Gasteiger partial charge on any atom is -0.445 e. The lowest BCUT2D eigenvalue weighted by Crippen LogP contribution is -2.21. The molecule has 0 bridgehead atoms. The van der Waals surface area contributed by atoms with Crippen LogP contribution in [-0.4, -0.2) is 36.1 Å². The van der Waals surface area contributed by atoms with Crippen LogP contribution in [0.5, 0.6) is 0 Å². The van der Waals surface area contributed by atoms with Crippen LogP contribution in [-0.2, 0) is 6.42 Å². The molecular weight excluding hydrogens is 202 g/mol. The Balaban J connectivity index is 1.82. The van der Waals surface area contributed by atoms with E-state index in [0.717, 1.165) is 24.6 Å². The standard InChI is InChI=1S/C12H21N3O/c1-10(8-13)11-9-14-12(16-11)4-7-15-5-2-3-6-15/h9-10H,2-8,13H2,1H3. The lowest BCUT2D eigenvalue weighted by Gasteiger charge is -2.12. The number of rotatable bonds is 5. The molecule has 4 nitrogen and oxygen atoms in total. The molecule has 1 unspecified atom stereocenters. The van der Waals surface area contributed by atoms with Crippen LogP contribution in [0.2, 0.25) is 0 Å². The van der Waals surface area contributed by atoms with E-state index in [-0.39, 0.29) is 5.92 Å². The van der Waals surface area contributed by atoms with Crippen molar-refractivity contribution < 1.29 is 4.42 Å². The van der Waals surface area contributed by atoms with Gasteiger partial charge in [-0.05, 0) is 25.9 Å². The van der Waals surface area contributed by atoms with Gasteiger partial charge in [0.15, 0.2) is 5.89 Å². The molecule has 2 rings (SSSR count). The zero-order chi connectivity index (χ0) is 11.4. The quantitative estimate of drug-likeness (QED) is 0.819. The molecule has 16 heavy (non-hydrogen) atoms. The van der Waals surface area contributed by atoms with Gasteiger partial charge in [0.1, 0.15) is 5.76 Å². The minimum atomic E-state index is 0.271. The smallest absolute Gasteiger partial charge is 0.195 e. The van der Waals surface area contributed by atoms with Gasteiger partial charge in [-0.1, -0.05) is 6.92 Å². The van der Waals surface area contributed by atoms with Crippen molar-refractivity contribution in [3.8, 4) is 0 Å². The molecule has 0 amide bonds. The number of nitrogens with zero attached hydrogens (tertiary/aromatic N) is 2. The third-order valence-electron chi connectivity index (χ3n) is 3.25. The highest BCUT2D eigenvalue weighted by molar-refractivity contribution is 5.01. The van der Waals surface area contributed by atoms with Gasteiger partial charge >= 0.3 is 0 Å². The van der Waals surface area contributed by atoms with Crippen LogP contribution in [0, 0.1) is 0 Å². The fourth-order valence-corrected chi connectivity index (χ4v) is 2.04. The number of likely N-dealkylation sites (tertiary alicyclic amines) is 1. The molecule has 0 aromatic carbocycles. The van der Waals surface area contributed by atoms with E-state index < -0.39 is 0 Å². The molecule has 0 aliphatic carbocycles.